The highest BCUT2D eigenvalue weighted by atomic mass is 35.5. The van der Waals surface area contributed by atoms with Crippen molar-refractivity contribution in [2.45, 2.75) is 32.4 Å². The van der Waals surface area contributed by atoms with E-state index in [1.807, 2.05) is 6.20 Å². The number of likely N-dealkylation sites (tertiary alicyclic amines) is 1. The highest BCUT2D eigenvalue weighted by Crippen LogP contribution is 2.15. The number of likely N-dealkylation sites (N-methyl/N-ethyl adjacent to an activating group) is 1. The molecule has 20 heavy (non-hydrogen) atoms. The molecule has 0 saturated carbocycles. The van der Waals surface area contributed by atoms with E-state index in [-0.39, 0.29) is 12.4 Å². The standard InChI is InChI=1S/C15H22N4.ClH/c1-12-5-6-15-17-8-14(19(15)9-12)11-18-7-3-4-13(10-18)16-2;/h5-6,8-9,13,16H,3-4,7,10-11H2,1-2H3;1H. The fraction of sp³-hybridized carbons (Fsp3) is 0.533. The average molecular weight is 295 g/mol. The van der Waals surface area contributed by atoms with Crippen LogP contribution < -0.4 is 5.32 Å². The van der Waals surface area contributed by atoms with Crippen molar-refractivity contribution in [3.8, 4) is 0 Å². The second kappa shape index (κ2) is 6.57. The molecular formula is C15H23ClN4. The Morgan fingerprint density at radius 3 is 3.05 bits per heavy atom. The lowest BCUT2D eigenvalue weighted by atomic mass is 10.1. The smallest absolute Gasteiger partial charge is 0.136 e. The second-order valence-electron chi connectivity index (χ2n) is 5.55. The number of nitrogens with one attached hydrogen (secondary N) is 1. The van der Waals surface area contributed by atoms with Gasteiger partial charge in [-0.2, -0.15) is 0 Å². The molecule has 0 amide bonds. The Morgan fingerprint density at radius 2 is 2.25 bits per heavy atom. The molecule has 2 aromatic heterocycles. The number of imidazole rings is 1. The molecule has 0 aliphatic carbocycles. The number of aromatic nitrogens is 2. The van der Waals surface area contributed by atoms with Crippen LogP contribution in [0.15, 0.2) is 24.5 Å². The molecule has 1 saturated heterocycles. The summed E-state index contributed by atoms with van der Waals surface area (Å²) in [6.07, 6.45) is 6.76. The van der Waals surface area contributed by atoms with E-state index in [1.165, 1.54) is 30.6 Å². The maximum absolute atomic E-state index is 4.49. The van der Waals surface area contributed by atoms with Gasteiger partial charge >= 0.3 is 0 Å². The van der Waals surface area contributed by atoms with Gasteiger partial charge in [0.15, 0.2) is 0 Å². The van der Waals surface area contributed by atoms with Crippen molar-refractivity contribution in [3.05, 3.63) is 35.8 Å². The lowest BCUT2D eigenvalue weighted by molar-refractivity contribution is 0.185. The molecule has 1 fully saturated rings. The molecule has 1 N–H and O–H groups in total. The van der Waals surface area contributed by atoms with E-state index in [4.69, 9.17) is 0 Å². The van der Waals surface area contributed by atoms with Crippen molar-refractivity contribution in [2.75, 3.05) is 20.1 Å². The van der Waals surface area contributed by atoms with E-state index >= 15 is 0 Å². The van der Waals surface area contributed by atoms with E-state index in [1.54, 1.807) is 0 Å². The Kier molecular flexibility index (Phi) is 5.02. The van der Waals surface area contributed by atoms with E-state index < -0.39 is 0 Å². The van der Waals surface area contributed by atoms with Crippen LogP contribution in [0.2, 0.25) is 0 Å². The third-order valence-corrected chi connectivity index (χ3v) is 4.03. The summed E-state index contributed by atoms with van der Waals surface area (Å²) in [4.78, 5) is 7.01. The van der Waals surface area contributed by atoms with Crippen LogP contribution in [-0.4, -0.2) is 40.5 Å². The van der Waals surface area contributed by atoms with Gasteiger partial charge in [0, 0.05) is 25.3 Å². The fourth-order valence-electron chi connectivity index (χ4n) is 2.92. The van der Waals surface area contributed by atoms with Gasteiger partial charge in [-0.1, -0.05) is 6.07 Å². The summed E-state index contributed by atoms with van der Waals surface area (Å²) in [5.74, 6) is 0. The number of hydrogen-bond donors (Lipinski definition) is 1. The van der Waals surface area contributed by atoms with Crippen molar-refractivity contribution in [2.24, 2.45) is 0 Å². The van der Waals surface area contributed by atoms with Crippen LogP contribution in [0.3, 0.4) is 0 Å². The molecule has 0 bridgehead atoms. The summed E-state index contributed by atoms with van der Waals surface area (Å²) < 4.78 is 2.22. The highest BCUT2D eigenvalue weighted by molar-refractivity contribution is 5.85. The maximum atomic E-state index is 4.49. The number of nitrogens with zero attached hydrogens (tertiary/aromatic N) is 3. The minimum absolute atomic E-state index is 0. The molecule has 2 aromatic rings. The van der Waals surface area contributed by atoms with Gasteiger partial charge in [-0.3, -0.25) is 4.90 Å². The van der Waals surface area contributed by atoms with E-state index in [2.05, 4.69) is 51.9 Å². The van der Waals surface area contributed by atoms with Crippen molar-refractivity contribution in [3.63, 3.8) is 0 Å². The van der Waals surface area contributed by atoms with Crippen molar-refractivity contribution in [1.29, 1.82) is 0 Å². The average Bonchev–Trinajstić information content (AvgIpc) is 2.81. The minimum atomic E-state index is 0. The van der Waals surface area contributed by atoms with Gasteiger partial charge in [0.1, 0.15) is 5.65 Å². The fourth-order valence-corrected chi connectivity index (χ4v) is 2.92. The van der Waals surface area contributed by atoms with Crippen molar-refractivity contribution >= 4 is 18.1 Å². The quantitative estimate of drug-likeness (QED) is 0.942. The highest BCUT2D eigenvalue weighted by Gasteiger charge is 2.19. The molecule has 5 heteroatoms. The molecule has 1 aliphatic rings. The minimum Gasteiger partial charge on any atom is -0.316 e. The largest absolute Gasteiger partial charge is 0.316 e. The predicted octanol–water partition coefficient (Wildman–Crippen LogP) is 2.25. The van der Waals surface area contributed by atoms with Crippen LogP contribution in [0.1, 0.15) is 24.1 Å². The number of piperidine rings is 1. The molecule has 1 atom stereocenters. The van der Waals surface area contributed by atoms with Crippen LogP contribution in [0.4, 0.5) is 0 Å². The molecule has 0 radical (unpaired) electrons. The Hall–Kier alpha value is -1.10. The molecule has 0 spiro atoms. The van der Waals surface area contributed by atoms with Crippen LogP contribution in [0, 0.1) is 6.92 Å². The number of pyridine rings is 1. The molecule has 1 aliphatic heterocycles. The first kappa shape index (κ1) is 15.3. The summed E-state index contributed by atoms with van der Waals surface area (Å²) in [6, 6.07) is 4.84. The predicted molar refractivity (Wildman–Crippen MR) is 84.5 cm³/mol. The number of hydrogen-bond acceptors (Lipinski definition) is 3. The zero-order chi connectivity index (χ0) is 13.2. The molecule has 1 unspecified atom stereocenters. The molecule has 4 nitrogen and oxygen atoms in total. The summed E-state index contributed by atoms with van der Waals surface area (Å²) in [5, 5.41) is 3.40. The van der Waals surface area contributed by atoms with Crippen LogP contribution in [0.25, 0.3) is 5.65 Å². The topological polar surface area (TPSA) is 32.6 Å². The maximum Gasteiger partial charge on any atom is 0.136 e. The van der Waals surface area contributed by atoms with E-state index in [9.17, 15) is 0 Å². The summed E-state index contributed by atoms with van der Waals surface area (Å²) in [7, 11) is 2.06. The SMILES string of the molecule is CNC1CCCN(Cc2cnc3ccc(C)cn23)C1.Cl. The third kappa shape index (κ3) is 3.14. The first-order valence-electron chi connectivity index (χ1n) is 7.08. The molecule has 110 valence electrons. The normalized spacial score (nSPS) is 20.0. The number of aryl methyl sites for hydroxylation is 1. The summed E-state index contributed by atoms with van der Waals surface area (Å²) >= 11 is 0. The Bertz CT molecular complexity index is 566. The van der Waals surface area contributed by atoms with Gasteiger partial charge < -0.3 is 9.72 Å². The molecular weight excluding hydrogens is 272 g/mol. The van der Waals surface area contributed by atoms with Crippen molar-refractivity contribution in [1.82, 2.24) is 19.6 Å². The summed E-state index contributed by atoms with van der Waals surface area (Å²) in [5.41, 5.74) is 3.61. The van der Waals surface area contributed by atoms with Gasteiger partial charge in [0.05, 0.1) is 11.9 Å². The first-order chi connectivity index (χ1) is 9.26. The lowest BCUT2D eigenvalue weighted by Crippen LogP contribution is -2.44. The van der Waals surface area contributed by atoms with Crippen LogP contribution in [-0.2, 0) is 6.54 Å². The second-order valence-corrected chi connectivity index (χ2v) is 5.55. The van der Waals surface area contributed by atoms with Crippen LogP contribution >= 0.6 is 12.4 Å². The molecule has 3 heterocycles. The van der Waals surface area contributed by atoms with Crippen molar-refractivity contribution < 1.29 is 0 Å². The van der Waals surface area contributed by atoms with Crippen LogP contribution in [0.5, 0.6) is 0 Å². The lowest BCUT2D eigenvalue weighted by Gasteiger charge is -2.32. The van der Waals surface area contributed by atoms with Gasteiger partial charge in [-0.05, 0) is 45.0 Å². The zero-order valence-electron chi connectivity index (χ0n) is 12.2. The number of halogens is 1. The van der Waals surface area contributed by atoms with E-state index in [0.29, 0.717) is 6.04 Å². The Balaban J connectivity index is 0.00000147. The van der Waals surface area contributed by atoms with Gasteiger partial charge in [0.2, 0.25) is 0 Å². The van der Waals surface area contributed by atoms with Gasteiger partial charge in [-0.25, -0.2) is 4.98 Å². The summed E-state index contributed by atoms with van der Waals surface area (Å²) in [6.45, 7) is 5.44. The third-order valence-electron chi connectivity index (χ3n) is 4.03. The van der Waals surface area contributed by atoms with E-state index in [0.717, 1.165) is 18.7 Å². The molecule has 3 rings (SSSR count). The Morgan fingerprint density at radius 1 is 1.40 bits per heavy atom. The Labute approximate surface area is 126 Å². The van der Waals surface area contributed by atoms with Gasteiger partial charge in [0.25, 0.3) is 0 Å². The number of rotatable bonds is 3. The monoisotopic (exact) mass is 294 g/mol. The molecule has 0 aromatic carbocycles. The first-order valence-corrected chi connectivity index (χ1v) is 7.08. The number of fused-ring (bicyclic) bond motifs is 1. The van der Waals surface area contributed by atoms with Gasteiger partial charge in [-0.15, -0.1) is 12.4 Å². The zero-order valence-corrected chi connectivity index (χ0v) is 13.0.